The molecule has 30 heavy (non-hydrogen) atoms. The second-order valence-electron chi connectivity index (χ2n) is 8.24. The zero-order valence-corrected chi connectivity index (χ0v) is 16.8. The molecule has 0 amide bonds. The number of ether oxygens (including phenoxy) is 1. The van der Waals surface area contributed by atoms with E-state index in [0.29, 0.717) is 30.1 Å². The molecule has 0 atom stereocenters. The van der Waals surface area contributed by atoms with E-state index in [1.165, 1.54) is 16.5 Å². The van der Waals surface area contributed by atoms with Gasteiger partial charge >= 0.3 is 5.97 Å². The summed E-state index contributed by atoms with van der Waals surface area (Å²) in [6, 6.07) is 13.9. The van der Waals surface area contributed by atoms with Crippen molar-refractivity contribution in [1.82, 2.24) is 4.98 Å². The monoisotopic (exact) mass is 400 g/mol. The molecule has 1 aromatic heterocycles. The van der Waals surface area contributed by atoms with Gasteiger partial charge in [-0.2, -0.15) is 0 Å². The van der Waals surface area contributed by atoms with Crippen molar-refractivity contribution in [2.24, 2.45) is 5.92 Å². The van der Waals surface area contributed by atoms with Crippen LogP contribution in [0.3, 0.4) is 0 Å². The Labute approximate surface area is 175 Å². The van der Waals surface area contributed by atoms with Crippen LogP contribution >= 0.6 is 0 Å². The van der Waals surface area contributed by atoms with Crippen molar-refractivity contribution in [3.63, 3.8) is 0 Å². The minimum Gasteiger partial charge on any atom is -0.426 e. The van der Waals surface area contributed by atoms with Gasteiger partial charge < -0.3 is 9.64 Å². The lowest BCUT2D eigenvalue weighted by molar-refractivity contribution is -0.131. The summed E-state index contributed by atoms with van der Waals surface area (Å²) in [5, 5.41) is 2.42. The Morgan fingerprint density at radius 3 is 2.87 bits per heavy atom. The Morgan fingerprint density at radius 1 is 1.13 bits per heavy atom. The number of hydrogen-bond donors (Lipinski definition) is 0. The quantitative estimate of drug-likeness (QED) is 0.357. The molecule has 0 unspecified atom stereocenters. The highest BCUT2D eigenvalue weighted by molar-refractivity contribution is 5.97. The highest BCUT2D eigenvalue weighted by Gasteiger charge is 2.24. The summed E-state index contributed by atoms with van der Waals surface area (Å²) in [4.78, 5) is 30.7. The largest absolute Gasteiger partial charge is 0.426 e. The van der Waals surface area contributed by atoms with Crippen LogP contribution in [0.2, 0.25) is 0 Å². The van der Waals surface area contributed by atoms with Crippen LogP contribution in [0, 0.1) is 5.92 Å². The number of pyridine rings is 1. The normalized spacial score (nSPS) is 16.5. The van der Waals surface area contributed by atoms with Crippen molar-refractivity contribution in [2.75, 3.05) is 18.0 Å². The van der Waals surface area contributed by atoms with Crippen LogP contribution in [-0.4, -0.2) is 29.8 Å². The van der Waals surface area contributed by atoms with E-state index in [4.69, 9.17) is 4.74 Å². The smallest absolute Gasteiger partial charge is 0.315 e. The number of benzene rings is 2. The molecule has 0 spiro atoms. The van der Waals surface area contributed by atoms with Gasteiger partial charge in [0.1, 0.15) is 5.75 Å². The molecule has 0 saturated carbocycles. The van der Waals surface area contributed by atoms with Gasteiger partial charge in [-0.25, -0.2) is 0 Å². The summed E-state index contributed by atoms with van der Waals surface area (Å²) in [5.74, 6) is 0.993. The summed E-state index contributed by atoms with van der Waals surface area (Å²) >= 11 is 0. The highest BCUT2D eigenvalue weighted by atomic mass is 16.5. The average Bonchev–Trinajstić information content (AvgIpc) is 3.16. The third-order valence-electron chi connectivity index (χ3n) is 6.34. The van der Waals surface area contributed by atoms with Gasteiger partial charge in [0.05, 0.1) is 6.42 Å². The lowest BCUT2D eigenvalue weighted by Crippen LogP contribution is -2.33. The van der Waals surface area contributed by atoms with Gasteiger partial charge in [0.15, 0.2) is 5.78 Å². The number of aromatic nitrogens is 1. The van der Waals surface area contributed by atoms with Crippen LogP contribution in [0.5, 0.6) is 5.75 Å². The second kappa shape index (κ2) is 7.90. The Kier molecular flexibility index (Phi) is 4.95. The fraction of sp³-hybridized carbons (Fsp3) is 0.320. The highest BCUT2D eigenvalue weighted by Crippen LogP contribution is 2.32. The minimum atomic E-state index is -0.246. The first-order valence-electron chi connectivity index (χ1n) is 10.6. The minimum absolute atomic E-state index is 0.129. The molecule has 2 aromatic carbocycles. The number of anilines is 1. The molecule has 5 nitrogen and oxygen atoms in total. The zero-order chi connectivity index (χ0) is 20.5. The van der Waals surface area contributed by atoms with Crippen LogP contribution in [-0.2, 0) is 11.2 Å². The number of Topliss-reactive ketones (excluding diaryl/α,β-unsaturated/α-hetero) is 1. The number of fused-ring (bicyclic) bond motifs is 2. The maximum absolute atomic E-state index is 12.6. The Bertz CT molecular complexity index is 1110. The van der Waals surface area contributed by atoms with Crippen LogP contribution in [0.15, 0.2) is 54.9 Å². The summed E-state index contributed by atoms with van der Waals surface area (Å²) < 4.78 is 5.18. The first kappa shape index (κ1) is 18.8. The first-order chi connectivity index (χ1) is 14.7. The van der Waals surface area contributed by atoms with Crippen LogP contribution in [0.25, 0.3) is 10.8 Å². The van der Waals surface area contributed by atoms with Gasteiger partial charge in [-0.05, 0) is 43.4 Å². The predicted octanol–water partition coefficient (Wildman–Crippen LogP) is 4.58. The molecule has 2 aliphatic rings. The topological polar surface area (TPSA) is 59.5 Å². The number of hydrogen-bond acceptors (Lipinski definition) is 5. The molecule has 3 aromatic rings. The van der Waals surface area contributed by atoms with Crippen molar-refractivity contribution in [3.05, 3.63) is 66.0 Å². The number of ketones is 1. The van der Waals surface area contributed by atoms with Crippen LogP contribution in [0.1, 0.15) is 41.6 Å². The van der Waals surface area contributed by atoms with Crippen molar-refractivity contribution in [1.29, 1.82) is 0 Å². The molecule has 5 heteroatoms. The Hall–Kier alpha value is -3.21. The van der Waals surface area contributed by atoms with Gasteiger partial charge in [0, 0.05) is 59.5 Å². The third-order valence-corrected chi connectivity index (χ3v) is 6.34. The second-order valence-corrected chi connectivity index (χ2v) is 8.24. The van der Waals surface area contributed by atoms with Crippen LogP contribution < -0.4 is 9.64 Å². The van der Waals surface area contributed by atoms with Gasteiger partial charge in [-0.3, -0.25) is 14.6 Å². The average molecular weight is 400 g/mol. The van der Waals surface area contributed by atoms with E-state index in [9.17, 15) is 9.59 Å². The SMILES string of the molecule is O=C1Cc2ccc(C(=O)CCC3CCN(c4cccc5cnccc45)CC3)cc2O1. The van der Waals surface area contributed by atoms with Gasteiger partial charge in [0.2, 0.25) is 0 Å². The van der Waals surface area contributed by atoms with Crippen molar-refractivity contribution in [3.8, 4) is 5.75 Å². The number of esters is 1. The van der Waals surface area contributed by atoms with E-state index in [0.717, 1.165) is 37.9 Å². The fourth-order valence-corrected chi connectivity index (χ4v) is 4.61. The molecule has 3 heterocycles. The van der Waals surface area contributed by atoms with Crippen molar-refractivity contribution >= 4 is 28.2 Å². The van der Waals surface area contributed by atoms with Crippen molar-refractivity contribution in [2.45, 2.75) is 32.1 Å². The maximum atomic E-state index is 12.6. The summed E-state index contributed by atoms with van der Waals surface area (Å²) in [7, 11) is 0. The number of carbonyl (C=O) groups is 2. The number of carbonyl (C=O) groups excluding carboxylic acids is 2. The first-order valence-corrected chi connectivity index (χ1v) is 10.6. The molecular weight excluding hydrogens is 376 g/mol. The van der Waals surface area contributed by atoms with Crippen LogP contribution in [0.4, 0.5) is 5.69 Å². The molecule has 2 aliphatic heterocycles. The van der Waals surface area contributed by atoms with E-state index < -0.39 is 0 Å². The fourth-order valence-electron chi connectivity index (χ4n) is 4.61. The molecule has 0 N–H and O–H groups in total. The molecule has 152 valence electrons. The molecule has 5 rings (SSSR count). The molecular formula is C25H24N2O3. The standard InChI is InChI=1S/C25H24N2O3/c28-23(18-5-6-19-15-25(29)30-24(19)14-18)7-4-17-9-12-27(13-10-17)22-3-1-2-20-16-26-11-8-21(20)22/h1-3,5-6,8,11,14,16-17H,4,7,9-10,12-13,15H2. The predicted molar refractivity (Wildman–Crippen MR) is 116 cm³/mol. The molecule has 0 aliphatic carbocycles. The van der Waals surface area contributed by atoms with Gasteiger partial charge in [-0.15, -0.1) is 0 Å². The van der Waals surface area contributed by atoms with Crippen molar-refractivity contribution < 1.29 is 14.3 Å². The Balaban J connectivity index is 1.17. The number of piperidine rings is 1. The molecule has 1 fully saturated rings. The van der Waals surface area contributed by atoms with E-state index >= 15 is 0 Å². The molecule has 0 bridgehead atoms. The lowest BCUT2D eigenvalue weighted by atomic mass is 9.90. The third kappa shape index (κ3) is 3.67. The summed E-state index contributed by atoms with van der Waals surface area (Å²) in [6.07, 6.45) is 7.70. The lowest BCUT2D eigenvalue weighted by Gasteiger charge is -2.34. The van der Waals surface area contributed by atoms with Gasteiger partial charge in [0.25, 0.3) is 0 Å². The zero-order valence-electron chi connectivity index (χ0n) is 16.8. The van der Waals surface area contributed by atoms with E-state index in [1.54, 1.807) is 6.07 Å². The number of nitrogens with zero attached hydrogens (tertiary/aromatic N) is 2. The summed E-state index contributed by atoms with van der Waals surface area (Å²) in [6.45, 7) is 2.02. The van der Waals surface area contributed by atoms with Gasteiger partial charge in [-0.1, -0.05) is 24.3 Å². The summed E-state index contributed by atoms with van der Waals surface area (Å²) in [5.41, 5.74) is 2.79. The molecule has 0 radical (unpaired) electrons. The van der Waals surface area contributed by atoms with E-state index in [1.807, 2.05) is 24.5 Å². The van der Waals surface area contributed by atoms with E-state index in [-0.39, 0.29) is 11.8 Å². The Morgan fingerprint density at radius 2 is 2.00 bits per heavy atom. The molecule has 1 saturated heterocycles. The maximum Gasteiger partial charge on any atom is 0.315 e. The number of rotatable bonds is 5. The van der Waals surface area contributed by atoms with E-state index in [2.05, 4.69) is 34.1 Å².